The predicted octanol–water partition coefficient (Wildman–Crippen LogP) is 3.24. The molecule has 0 saturated carbocycles. The zero-order valence-electron chi connectivity index (χ0n) is 16.2. The number of carbonyl (C=O) groups is 2. The molecule has 2 aromatic heterocycles. The summed E-state index contributed by atoms with van der Waals surface area (Å²) in [6, 6.07) is 8.99. The number of aromatic nitrogens is 3. The average Bonchev–Trinajstić information content (AvgIpc) is 3.14. The van der Waals surface area contributed by atoms with E-state index in [1.54, 1.807) is 4.68 Å². The molecule has 1 aliphatic carbocycles. The van der Waals surface area contributed by atoms with Gasteiger partial charge in [-0.2, -0.15) is 5.10 Å². The maximum Gasteiger partial charge on any atom is 0.339 e. The first-order valence-electron chi connectivity index (χ1n) is 9.47. The number of ether oxygens (including phenoxy) is 1. The third-order valence-corrected chi connectivity index (χ3v) is 5.51. The number of aromatic amines is 1. The van der Waals surface area contributed by atoms with Crippen molar-refractivity contribution in [1.82, 2.24) is 14.8 Å². The van der Waals surface area contributed by atoms with Gasteiger partial charge >= 0.3 is 5.97 Å². The SMILES string of the molecule is COC(=O)c1c[nH]c(=O)c(NC(=O)c2nn(-c3cccc(Br)c3)c3c2CCCC3)c1. The molecule has 4 rings (SSSR count). The molecule has 3 aromatic rings. The van der Waals surface area contributed by atoms with Gasteiger partial charge in [-0.25, -0.2) is 9.48 Å². The van der Waals surface area contributed by atoms with E-state index in [4.69, 9.17) is 0 Å². The quantitative estimate of drug-likeness (QED) is 0.569. The van der Waals surface area contributed by atoms with Crippen molar-refractivity contribution in [2.75, 3.05) is 12.4 Å². The van der Waals surface area contributed by atoms with Crippen molar-refractivity contribution in [3.63, 3.8) is 0 Å². The lowest BCUT2D eigenvalue weighted by atomic mass is 9.95. The Morgan fingerprint density at radius 1 is 1.23 bits per heavy atom. The Hall–Kier alpha value is -3.20. The van der Waals surface area contributed by atoms with Crippen LogP contribution < -0.4 is 10.9 Å². The van der Waals surface area contributed by atoms with Crippen molar-refractivity contribution in [2.24, 2.45) is 0 Å². The number of fused-ring (bicyclic) bond motifs is 1. The molecule has 30 heavy (non-hydrogen) atoms. The van der Waals surface area contributed by atoms with E-state index in [0.717, 1.165) is 47.1 Å². The molecule has 1 aromatic carbocycles. The fraction of sp³-hybridized carbons (Fsp3) is 0.238. The van der Waals surface area contributed by atoms with Crippen LogP contribution >= 0.6 is 15.9 Å². The number of carbonyl (C=O) groups excluding carboxylic acids is 2. The van der Waals surface area contributed by atoms with Crippen LogP contribution in [-0.4, -0.2) is 33.8 Å². The first-order valence-corrected chi connectivity index (χ1v) is 10.3. The van der Waals surface area contributed by atoms with Crippen LogP contribution in [0.3, 0.4) is 0 Å². The summed E-state index contributed by atoms with van der Waals surface area (Å²) in [6.45, 7) is 0. The molecular formula is C21H19BrN4O4. The minimum atomic E-state index is -0.613. The summed E-state index contributed by atoms with van der Waals surface area (Å²) >= 11 is 3.47. The maximum atomic E-state index is 13.0. The molecule has 0 bridgehead atoms. The molecule has 0 unspecified atom stereocenters. The number of esters is 1. The first kappa shape index (κ1) is 20.1. The Morgan fingerprint density at radius 3 is 2.80 bits per heavy atom. The highest BCUT2D eigenvalue weighted by molar-refractivity contribution is 9.10. The standard InChI is InChI=1S/C21H19BrN4O4/c1-30-21(29)12-9-16(19(27)23-11-12)24-20(28)18-15-7-2-3-8-17(15)26(25-18)14-6-4-5-13(22)10-14/h4-6,9-11H,2-3,7-8H2,1H3,(H,23,27)(H,24,28). The highest BCUT2D eigenvalue weighted by Gasteiger charge is 2.26. The van der Waals surface area contributed by atoms with Gasteiger partial charge in [0.15, 0.2) is 5.69 Å². The van der Waals surface area contributed by atoms with E-state index in [1.807, 2.05) is 24.3 Å². The third-order valence-electron chi connectivity index (χ3n) is 5.02. The largest absolute Gasteiger partial charge is 0.465 e. The lowest BCUT2D eigenvalue weighted by molar-refractivity contribution is 0.0600. The summed E-state index contributed by atoms with van der Waals surface area (Å²) in [6.07, 6.45) is 4.79. The molecular weight excluding hydrogens is 452 g/mol. The molecule has 1 amide bonds. The van der Waals surface area contributed by atoms with Gasteiger partial charge in [-0.05, 0) is 49.9 Å². The molecule has 1 aliphatic rings. The normalized spacial score (nSPS) is 12.9. The summed E-state index contributed by atoms with van der Waals surface area (Å²) in [4.78, 5) is 39.4. The predicted molar refractivity (Wildman–Crippen MR) is 114 cm³/mol. The summed E-state index contributed by atoms with van der Waals surface area (Å²) in [5.41, 5.74) is 2.61. The Kier molecular flexibility index (Phi) is 5.54. The van der Waals surface area contributed by atoms with E-state index in [9.17, 15) is 14.4 Å². The molecule has 0 fully saturated rings. The van der Waals surface area contributed by atoms with Gasteiger partial charge in [0.1, 0.15) is 5.69 Å². The fourth-order valence-corrected chi connectivity index (χ4v) is 3.98. The van der Waals surface area contributed by atoms with Gasteiger partial charge in [0.2, 0.25) is 0 Å². The van der Waals surface area contributed by atoms with Gasteiger partial charge in [-0.3, -0.25) is 9.59 Å². The number of halogens is 1. The van der Waals surface area contributed by atoms with Gasteiger partial charge < -0.3 is 15.0 Å². The number of nitrogens with zero attached hydrogens (tertiary/aromatic N) is 2. The lowest BCUT2D eigenvalue weighted by Crippen LogP contribution is -2.22. The van der Waals surface area contributed by atoms with Crippen molar-refractivity contribution in [3.05, 3.63) is 73.9 Å². The van der Waals surface area contributed by atoms with Crippen LogP contribution in [-0.2, 0) is 17.6 Å². The van der Waals surface area contributed by atoms with Crippen LogP contribution in [0.5, 0.6) is 0 Å². The number of pyridine rings is 1. The van der Waals surface area contributed by atoms with Crippen LogP contribution in [0.25, 0.3) is 5.69 Å². The first-order chi connectivity index (χ1) is 14.5. The van der Waals surface area contributed by atoms with Crippen molar-refractivity contribution in [1.29, 1.82) is 0 Å². The molecule has 0 saturated heterocycles. The monoisotopic (exact) mass is 470 g/mol. The van der Waals surface area contributed by atoms with Crippen LogP contribution in [0.1, 0.15) is 44.9 Å². The number of anilines is 1. The number of nitrogens with one attached hydrogen (secondary N) is 2. The van der Waals surface area contributed by atoms with E-state index < -0.39 is 17.4 Å². The maximum absolute atomic E-state index is 13.0. The number of methoxy groups -OCH3 is 1. The number of rotatable bonds is 4. The molecule has 0 spiro atoms. The smallest absolute Gasteiger partial charge is 0.339 e. The molecule has 154 valence electrons. The van der Waals surface area contributed by atoms with E-state index in [0.29, 0.717) is 0 Å². The number of hydrogen-bond donors (Lipinski definition) is 2. The molecule has 0 atom stereocenters. The summed E-state index contributed by atoms with van der Waals surface area (Å²) in [5, 5.41) is 7.18. The minimum Gasteiger partial charge on any atom is -0.465 e. The second kappa shape index (κ2) is 8.27. The number of benzene rings is 1. The Morgan fingerprint density at radius 2 is 2.03 bits per heavy atom. The van der Waals surface area contributed by atoms with Crippen molar-refractivity contribution in [2.45, 2.75) is 25.7 Å². The molecule has 2 heterocycles. The van der Waals surface area contributed by atoms with E-state index >= 15 is 0 Å². The second-order valence-corrected chi connectivity index (χ2v) is 7.87. The number of H-pyrrole nitrogens is 1. The summed E-state index contributed by atoms with van der Waals surface area (Å²) in [5.74, 6) is -1.10. The second-order valence-electron chi connectivity index (χ2n) is 6.95. The highest BCUT2D eigenvalue weighted by Crippen LogP contribution is 2.28. The van der Waals surface area contributed by atoms with Crippen LogP contribution in [0.15, 0.2) is 45.8 Å². The van der Waals surface area contributed by atoms with Crippen molar-refractivity contribution >= 4 is 33.5 Å². The molecule has 0 radical (unpaired) electrons. The van der Waals surface area contributed by atoms with Gasteiger partial charge in [0.25, 0.3) is 11.5 Å². The Bertz CT molecular complexity index is 1200. The van der Waals surface area contributed by atoms with E-state index in [2.05, 4.69) is 36.1 Å². The highest BCUT2D eigenvalue weighted by atomic mass is 79.9. The minimum absolute atomic E-state index is 0.0375. The van der Waals surface area contributed by atoms with Gasteiger partial charge in [0, 0.05) is 21.9 Å². The molecule has 8 nitrogen and oxygen atoms in total. The van der Waals surface area contributed by atoms with Crippen molar-refractivity contribution in [3.8, 4) is 5.69 Å². The number of amides is 1. The van der Waals surface area contributed by atoms with Crippen molar-refractivity contribution < 1.29 is 14.3 Å². The van der Waals surface area contributed by atoms with Crippen LogP contribution in [0, 0.1) is 0 Å². The van der Waals surface area contributed by atoms with Gasteiger partial charge in [0.05, 0.1) is 18.4 Å². The topological polar surface area (TPSA) is 106 Å². The third kappa shape index (κ3) is 3.80. The van der Waals surface area contributed by atoms with Gasteiger partial charge in [-0.15, -0.1) is 0 Å². The van der Waals surface area contributed by atoms with Crippen LogP contribution in [0.2, 0.25) is 0 Å². The van der Waals surface area contributed by atoms with Crippen LogP contribution in [0.4, 0.5) is 5.69 Å². The Labute approximate surface area is 180 Å². The van der Waals surface area contributed by atoms with E-state index in [-0.39, 0.29) is 16.9 Å². The fourth-order valence-electron chi connectivity index (χ4n) is 3.60. The van der Waals surface area contributed by atoms with E-state index in [1.165, 1.54) is 19.4 Å². The summed E-state index contributed by atoms with van der Waals surface area (Å²) < 4.78 is 7.37. The zero-order chi connectivity index (χ0) is 21.3. The van der Waals surface area contributed by atoms with Gasteiger partial charge in [-0.1, -0.05) is 22.0 Å². The molecule has 0 aliphatic heterocycles. The summed E-state index contributed by atoms with van der Waals surface area (Å²) in [7, 11) is 1.24. The molecule has 2 N–H and O–H groups in total. The Balaban J connectivity index is 1.72. The zero-order valence-corrected chi connectivity index (χ0v) is 17.8. The lowest BCUT2D eigenvalue weighted by Gasteiger charge is -2.14. The average molecular weight is 471 g/mol. The molecule has 9 heteroatoms. The number of hydrogen-bond acceptors (Lipinski definition) is 5.